The summed E-state index contributed by atoms with van der Waals surface area (Å²) in [5, 5.41) is 0. The molecule has 0 heteroatoms. The minimum atomic E-state index is 0.467. The van der Waals surface area contributed by atoms with Gasteiger partial charge in [-0.1, -0.05) is 38.0 Å². The highest BCUT2D eigenvalue weighted by Crippen LogP contribution is 2.25. The third-order valence-electron chi connectivity index (χ3n) is 2.99. The van der Waals surface area contributed by atoms with Crippen LogP contribution >= 0.6 is 0 Å². The summed E-state index contributed by atoms with van der Waals surface area (Å²) in [6.45, 7) is 10.9. The molecule has 0 fully saturated rings. The maximum atomic E-state index is 4.25. The zero-order valence-corrected chi connectivity index (χ0v) is 9.64. The van der Waals surface area contributed by atoms with E-state index in [4.69, 9.17) is 0 Å². The van der Waals surface area contributed by atoms with Crippen LogP contribution in [0.3, 0.4) is 0 Å². The Morgan fingerprint density at radius 2 is 2.00 bits per heavy atom. The van der Waals surface area contributed by atoms with E-state index >= 15 is 0 Å². The summed E-state index contributed by atoms with van der Waals surface area (Å²) in [7, 11) is 0. The van der Waals surface area contributed by atoms with Crippen LogP contribution in [0.2, 0.25) is 0 Å². The molecule has 0 nitrogen and oxygen atoms in total. The number of aryl methyl sites for hydroxylation is 1. The van der Waals surface area contributed by atoms with E-state index in [1.165, 1.54) is 36.0 Å². The molecule has 0 aliphatic heterocycles. The van der Waals surface area contributed by atoms with E-state index < -0.39 is 0 Å². The number of unbranched alkanes of at least 4 members (excludes halogenated alkanes) is 1. The van der Waals surface area contributed by atoms with Crippen LogP contribution in [0.5, 0.6) is 0 Å². The lowest BCUT2D eigenvalue weighted by molar-refractivity contribution is 0.658. The average molecular weight is 189 g/mol. The Bertz CT molecular complexity index is 286. The Balaban J connectivity index is 2.79. The zero-order chi connectivity index (χ0) is 10.6. The predicted octanol–water partition coefficient (Wildman–Crippen LogP) is 4.41. The van der Waals surface area contributed by atoms with Crippen molar-refractivity contribution in [3.63, 3.8) is 0 Å². The van der Waals surface area contributed by atoms with Crippen molar-refractivity contribution in [2.45, 2.75) is 46.0 Å². The number of benzene rings is 1. The van der Waals surface area contributed by atoms with Crippen LogP contribution in [0.4, 0.5) is 0 Å². The molecule has 0 aliphatic rings. The molecule has 0 saturated carbocycles. The van der Waals surface area contributed by atoms with Gasteiger partial charge in [0.25, 0.3) is 0 Å². The standard InChI is InChI=1S/C14H21/c1-5-6-8-12(3)14-10-7-9-11(2)13(14)4/h7,9-10,12H,3,5-6,8H2,1-2,4H3. The van der Waals surface area contributed by atoms with Gasteiger partial charge >= 0.3 is 0 Å². The molecule has 0 N–H and O–H groups in total. The molecule has 77 valence electrons. The maximum Gasteiger partial charge on any atom is -0.0159 e. The molecular formula is C14H21. The molecule has 1 unspecified atom stereocenters. The van der Waals surface area contributed by atoms with E-state index in [1.54, 1.807) is 0 Å². The molecule has 14 heavy (non-hydrogen) atoms. The van der Waals surface area contributed by atoms with Gasteiger partial charge in [-0.2, -0.15) is 0 Å². The van der Waals surface area contributed by atoms with Crippen molar-refractivity contribution in [1.82, 2.24) is 0 Å². The fourth-order valence-corrected chi connectivity index (χ4v) is 1.82. The van der Waals surface area contributed by atoms with E-state index in [9.17, 15) is 0 Å². The van der Waals surface area contributed by atoms with Gasteiger partial charge in [0.2, 0.25) is 0 Å². The minimum absolute atomic E-state index is 0.467. The second kappa shape index (κ2) is 5.19. The largest absolute Gasteiger partial charge is 0.0654 e. The van der Waals surface area contributed by atoms with Crippen molar-refractivity contribution >= 4 is 0 Å². The van der Waals surface area contributed by atoms with Crippen LogP contribution < -0.4 is 0 Å². The minimum Gasteiger partial charge on any atom is -0.0654 e. The van der Waals surface area contributed by atoms with Crippen molar-refractivity contribution < 1.29 is 0 Å². The zero-order valence-electron chi connectivity index (χ0n) is 9.64. The van der Waals surface area contributed by atoms with Crippen molar-refractivity contribution in [1.29, 1.82) is 0 Å². The van der Waals surface area contributed by atoms with Crippen molar-refractivity contribution in [2.75, 3.05) is 0 Å². The molecule has 1 aromatic rings. The highest BCUT2D eigenvalue weighted by atomic mass is 14.1. The first-order chi connectivity index (χ1) is 6.66. The van der Waals surface area contributed by atoms with E-state index in [1.807, 2.05) is 0 Å². The molecule has 0 spiro atoms. The summed E-state index contributed by atoms with van der Waals surface area (Å²) in [5.74, 6) is 0.467. The van der Waals surface area contributed by atoms with Crippen LogP contribution in [0.1, 0.15) is 48.8 Å². The van der Waals surface area contributed by atoms with Gasteiger partial charge in [-0.25, -0.2) is 0 Å². The van der Waals surface area contributed by atoms with Crippen LogP contribution in [0, 0.1) is 20.8 Å². The summed E-state index contributed by atoms with van der Waals surface area (Å²) < 4.78 is 0. The first-order valence-electron chi connectivity index (χ1n) is 5.56. The first kappa shape index (κ1) is 11.3. The van der Waals surface area contributed by atoms with E-state index in [2.05, 4.69) is 45.9 Å². The summed E-state index contributed by atoms with van der Waals surface area (Å²) in [4.78, 5) is 0. The van der Waals surface area contributed by atoms with Gasteiger partial charge in [0.15, 0.2) is 0 Å². The van der Waals surface area contributed by atoms with E-state index in [-0.39, 0.29) is 0 Å². The normalized spacial score (nSPS) is 12.9. The molecule has 1 radical (unpaired) electrons. The molecule has 0 bridgehead atoms. The molecule has 1 aromatic carbocycles. The molecule has 0 amide bonds. The van der Waals surface area contributed by atoms with E-state index in [0.29, 0.717) is 5.92 Å². The van der Waals surface area contributed by atoms with E-state index in [0.717, 1.165) is 0 Å². The third kappa shape index (κ3) is 2.60. The monoisotopic (exact) mass is 189 g/mol. The van der Waals surface area contributed by atoms with Crippen LogP contribution in [0.15, 0.2) is 18.2 Å². The Kier molecular flexibility index (Phi) is 4.19. The Morgan fingerprint density at radius 1 is 1.29 bits per heavy atom. The molecule has 1 rings (SSSR count). The van der Waals surface area contributed by atoms with Crippen LogP contribution in [-0.2, 0) is 0 Å². The van der Waals surface area contributed by atoms with Gasteiger partial charge < -0.3 is 0 Å². The second-order valence-electron chi connectivity index (χ2n) is 4.13. The highest BCUT2D eigenvalue weighted by Gasteiger charge is 2.08. The van der Waals surface area contributed by atoms with Gasteiger partial charge in [0.05, 0.1) is 0 Å². The Hall–Kier alpha value is -0.780. The van der Waals surface area contributed by atoms with Gasteiger partial charge in [-0.3, -0.25) is 0 Å². The van der Waals surface area contributed by atoms with Gasteiger partial charge in [-0.15, -0.1) is 0 Å². The van der Waals surface area contributed by atoms with Gasteiger partial charge in [-0.05, 0) is 49.8 Å². The number of hydrogen-bond acceptors (Lipinski definition) is 0. The van der Waals surface area contributed by atoms with Crippen molar-refractivity contribution in [3.05, 3.63) is 41.8 Å². The summed E-state index contributed by atoms with van der Waals surface area (Å²) >= 11 is 0. The summed E-state index contributed by atoms with van der Waals surface area (Å²) in [6, 6.07) is 6.53. The van der Waals surface area contributed by atoms with Crippen molar-refractivity contribution in [2.24, 2.45) is 0 Å². The molecule has 0 aliphatic carbocycles. The molecule has 0 saturated heterocycles. The maximum absolute atomic E-state index is 4.25. The first-order valence-corrected chi connectivity index (χ1v) is 5.56. The van der Waals surface area contributed by atoms with Crippen molar-refractivity contribution in [3.8, 4) is 0 Å². The molecule has 0 heterocycles. The molecule has 0 aromatic heterocycles. The third-order valence-corrected chi connectivity index (χ3v) is 2.99. The van der Waals surface area contributed by atoms with Gasteiger partial charge in [0, 0.05) is 0 Å². The summed E-state index contributed by atoms with van der Waals surface area (Å²) in [5.41, 5.74) is 4.23. The SMILES string of the molecule is [CH2]C(CCCC)c1cccc(C)c1C. The fourth-order valence-electron chi connectivity index (χ4n) is 1.82. The highest BCUT2D eigenvalue weighted by molar-refractivity contribution is 5.36. The molecule has 1 atom stereocenters. The Morgan fingerprint density at radius 3 is 2.64 bits per heavy atom. The average Bonchev–Trinajstić information content (AvgIpc) is 2.18. The summed E-state index contributed by atoms with van der Waals surface area (Å²) in [6.07, 6.45) is 3.75. The van der Waals surface area contributed by atoms with Crippen LogP contribution in [-0.4, -0.2) is 0 Å². The predicted molar refractivity (Wildman–Crippen MR) is 63.5 cm³/mol. The van der Waals surface area contributed by atoms with Crippen LogP contribution in [0.25, 0.3) is 0 Å². The topological polar surface area (TPSA) is 0 Å². The lowest BCUT2D eigenvalue weighted by Crippen LogP contribution is -1.98. The lowest BCUT2D eigenvalue weighted by Gasteiger charge is -2.15. The fraction of sp³-hybridized carbons (Fsp3) is 0.500. The number of rotatable bonds is 4. The second-order valence-corrected chi connectivity index (χ2v) is 4.13. The lowest BCUT2D eigenvalue weighted by atomic mass is 9.90. The quantitative estimate of drug-likeness (QED) is 0.658. The smallest absolute Gasteiger partial charge is 0.0159 e. The molecular weight excluding hydrogens is 168 g/mol. The van der Waals surface area contributed by atoms with Gasteiger partial charge in [0.1, 0.15) is 0 Å². The Labute approximate surface area is 88.4 Å². The number of hydrogen-bond donors (Lipinski definition) is 0.